The number of nitrogens with one attached hydrogen (secondary N) is 1. The van der Waals surface area contributed by atoms with Crippen molar-refractivity contribution in [2.75, 3.05) is 20.2 Å². The molecule has 4 nitrogen and oxygen atoms in total. The molecule has 1 aromatic heterocycles. The normalized spacial score (nSPS) is 17.6. The fraction of sp³-hybridized carbons (Fsp3) is 0.357. The number of halogens is 1. The minimum absolute atomic E-state index is 0. The van der Waals surface area contributed by atoms with Gasteiger partial charge in [-0.1, -0.05) is 18.2 Å². The first kappa shape index (κ1) is 14.1. The average Bonchev–Trinajstić information content (AvgIpc) is 2.93. The average molecular weight is 281 g/mol. The van der Waals surface area contributed by atoms with E-state index < -0.39 is 0 Å². The van der Waals surface area contributed by atoms with Crippen LogP contribution >= 0.6 is 12.4 Å². The van der Waals surface area contributed by atoms with Gasteiger partial charge in [-0.05, 0) is 24.6 Å². The molecule has 1 aliphatic heterocycles. The van der Waals surface area contributed by atoms with Gasteiger partial charge in [-0.15, -0.1) is 12.4 Å². The van der Waals surface area contributed by atoms with E-state index in [1.54, 1.807) is 6.20 Å². The molecule has 0 amide bonds. The number of benzene rings is 1. The zero-order valence-corrected chi connectivity index (χ0v) is 11.6. The Balaban J connectivity index is 0.00000133. The fourth-order valence-electron chi connectivity index (χ4n) is 2.51. The molecule has 0 saturated heterocycles. The maximum atomic E-state index is 5.81. The summed E-state index contributed by atoms with van der Waals surface area (Å²) in [5.74, 6) is 0.831. The molecule has 102 valence electrons. The quantitative estimate of drug-likeness (QED) is 0.939. The van der Waals surface area contributed by atoms with E-state index in [1.807, 2.05) is 13.1 Å². The van der Waals surface area contributed by atoms with Crippen LogP contribution in [0.1, 0.15) is 17.2 Å². The van der Waals surface area contributed by atoms with Gasteiger partial charge in [0.25, 0.3) is 0 Å². The molecule has 0 fully saturated rings. The van der Waals surface area contributed by atoms with Gasteiger partial charge in [0, 0.05) is 12.1 Å². The SMILES string of the molecule is CNC[C@@H]1OCCc2c(-c3cnco3)cccc21.Cl. The van der Waals surface area contributed by atoms with Crippen LogP contribution in [0.5, 0.6) is 0 Å². The second-order valence-electron chi connectivity index (χ2n) is 4.41. The lowest BCUT2D eigenvalue weighted by Gasteiger charge is -2.27. The second-order valence-corrected chi connectivity index (χ2v) is 4.41. The molecule has 0 radical (unpaired) electrons. The molecule has 1 aliphatic rings. The molecule has 3 rings (SSSR count). The number of likely N-dealkylation sites (N-methyl/N-ethyl adjacent to an activating group) is 1. The summed E-state index contributed by atoms with van der Waals surface area (Å²) in [5.41, 5.74) is 3.71. The summed E-state index contributed by atoms with van der Waals surface area (Å²) >= 11 is 0. The van der Waals surface area contributed by atoms with E-state index in [4.69, 9.17) is 9.15 Å². The zero-order valence-electron chi connectivity index (χ0n) is 10.8. The zero-order chi connectivity index (χ0) is 12.4. The van der Waals surface area contributed by atoms with Crippen molar-refractivity contribution in [3.8, 4) is 11.3 Å². The first-order chi connectivity index (χ1) is 8.90. The molecular formula is C14H17ClN2O2. The van der Waals surface area contributed by atoms with Gasteiger partial charge in [0.2, 0.25) is 0 Å². The van der Waals surface area contributed by atoms with Crippen LogP contribution in [0.25, 0.3) is 11.3 Å². The molecule has 1 aromatic carbocycles. The van der Waals surface area contributed by atoms with Gasteiger partial charge in [-0.2, -0.15) is 0 Å². The Morgan fingerprint density at radius 1 is 1.42 bits per heavy atom. The van der Waals surface area contributed by atoms with Crippen LogP contribution < -0.4 is 5.32 Å². The van der Waals surface area contributed by atoms with Crippen LogP contribution in [0.3, 0.4) is 0 Å². The molecule has 2 aromatic rings. The topological polar surface area (TPSA) is 47.3 Å². The summed E-state index contributed by atoms with van der Waals surface area (Å²) in [5, 5.41) is 3.17. The number of oxazole rings is 1. The lowest BCUT2D eigenvalue weighted by atomic mass is 9.92. The summed E-state index contributed by atoms with van der Waals surface area (Å²) in [6.45, 7) is 1.58. The molecule has 1 atom stereocenters. The number of aromatic nitrogens is 1. The van der Waals surface area contributed by atoms with Gasteiger partial charge < -0.3 is 14.5 Å². The maximum Gasteiger partial charge on any atom is 0.181 e. The van der Waals surface area contributed by atoms with Crippen LogP contribution in [0.15, 0.2) is 35.2 Å². The Morgan fingerprint density at radius 2 is 2.32 bits per heavy atom. The van der Waals surface area contributed by atoms with Gasteiger partial charge in [0.1, 0.15) is 0 Å². The highest BCUT2D eigenvalue weighted by Gasteiger charge is 2.23. The minimum atomic E-state index is 0. The fourth-order valence-corrected chi connectivity index (χ4v) is 2.51. The highest BCUT2D eigenvalue weighted by atomic mass is 35.5. The Kier molecular flexibility index (Phi) is 4.58. The van der Waals surface area contributed by atoms with Gasteiger partial charge >= 0.3 is 0 Å². The van der Waals surface area contributed by atoms with Gasteiger partial charge in [-0.3, -0.25) is 0 Å². The molecule has 2 heterocycles. The summed E-state index contributed by atoms with van der Waals surface area (Å²) in [6, 6.07) is 6.27. The van der Waals surface area contributed by atoms with Crippen LogP contribution in [0.2, 0.25) is 0 Å². The number of nitrogens with zero attached hydrogens (tertiary/aromatic N) is 1. The first-order valence-corrected chi connectivity index (χ1v) is 6.17. The van der Waals surface area contributed by atoms with Crippen molar-refractivity contribution in [1.82, 2.24) is 10.3 Å². The Bertz CT molecular complexity index is 528. The lowest BCUT2D eigenvalue weighted by Crippen LogP contribution is -2.25. The van der Waals surface area contributed by atoms with Crippen molar-refractivity contribution in [2.24, 2.45) is 0 Å². The van der Waals surface area contributed by atoms with E-state index >= 15 is 0 Å². The molecule has 0 bridgehead atoms. The Hall–Kier alpha value is -1.36. The predicted octanol–water partition coefficient (Wildman–Crippen LogP) is 2.60. The van der Waals surface area contributed by atoms with E-state index in [2.05, 4.69) is 22.4 Å². The van der Waals surface area contributed by atoms with Crippen molar-refractivity contribution < 1.29 is 9.15 Å². The lowest BCUT2D eigenvalue weighted by molar-refractivity contribution is 0.0440. The van der Waals surface area contributed by atoms with Crippen LogP contribution in [-0.4, -0.2) is 25.2 Å². The van der Waals surface area contributed by atoms with Gasteiger partial charge in [0.05, 0.1) is 18.9 Å². The molecule has 19 heavy (non-hydrogen) atoms. The smallest absolute Gasteiger partial charge is 0.181 e. The standard InChI is InChI=1S/C14H16N2O2.ClH/c1-15-7-13-11-3-2-4-12(10(11)5-6-17-13)14-8-16-9-18-14;/h2-4,8-9,13,15H,5-7H2,1H3;1H/t13-;/m0./s1. The molecule has 1 N–H and O–H groups in total. The Labute approximate surface area is 118 Å². The summed E-state index contributed by atoms with van der Waals surface area (Å²) < 4.78 is 11.2. The number of hydrogen-bond acceptors (Lipinski definition) is 4. The third kappa shape index (κ3) is 2.66. The molecule has 0 spiro atoms. The third-order valence-corrected chi connectivity index (χ3v) is 3.32. The first-order valence-electron chi connectivity index (χ1n) is 6.17. The van der Waals surface area contributed by atoms with Crippen molar-refractivity contribution in [2.45, 2.75) is 12.5 Å². The number of fused-ring (bicyclic) bond motifs is 1. The van der Waals surface area contributed by atoms with Crippen molar-refractivity contribution in [3.63, 3.8) is 0 Å². The highest BCUT2D eigenvalue weighted by Crippen LogP contribution is 2.33. The summed E-state index contributed by atoms with van der Waals surface area (Å²) in [7, 11) is 1.94. The third-order valence-electron chi connectivity index (χ3n) is 3.32. The molecule has 0 aliphatic carbocycles. The van der Waals surface area contributed by atoms with Gasteiger partial charge in [0.15, 0.2) is 12.2 Å². The minimum Gasteiger partial charge on any atom is -0.444 e. The number of rotatable bonds is 3. The Morgan fingerprint density at radius 3 is 3.05 bits per heavy atom. The number of hydrogen-bond donors (Lipinski definition) is 1. The predicted molar refractivity (Wildman–Crippen MR) is 75.5 cm³/mol. The molecule has 0 unspecified atom stereocenters. The number of ether oxygens (including phenoxy) is 1. The molecular weight excluding hydrogens is 264 g/mol. The summed E-state index contributed by atoms with van der Waals surface area (Å²) in [6.07, 6.45) is 4.28. The van der Waals surface area contributed by atoms with E-state index in [0.29, 0.717) is 0 Å². The highest BCUT2D eigenvalue weighted by molar-refractivity contribution is 5.85. The van der Waals surface area contributed by atoms with Crippen LogP contribution in [0.4, 0.5) is 0 Å². The van der Waals surface area contributed by atoms with E-state index in [0.717, 1.165) is 30.9 Å². The van der Waals surface area contributed by atoms with E-state index in [1.165, 1.54) is 17.5 Å². The maximum absolute atomic E-state index is 5.81. The van der Waals surface area contributed by atoms with Crippen LogP contribution in [-0.2, 0) is 11.2 Å². The van der Waals surface area contributed by atoms with Crippen LogP contribution in [0, 0.1) is 0 Å². The second kappa shape index (κ2) is 6.19. The molecule has 5 heteroatoms. The van der Waals surface area contributed by atoms with Crippen molar-refractivity contribution in [1.29, 1.82) is 0 Å². The van der Waals surface area contributed by atoms with Crippen molar-refractivity contribution in [3.05, 3.63) is 41.9 Å². The van der Waals surface area contributed by atoms with E-state index in [9.17, 15) is 0 Å². The monoisotopic (exact) mass is 280 g/mol. The van der Waals surface area contributed by atoms with Gasteiger partial charge in [-0.25, -0.2) is 4.98 Å². The molecule has 0 saturated carbocycles. The largest absolute Gasteiger partial charge is 0.444 e. The summed E-state index contributed by atoms with van der Waals surface area (Å²) in [4.78, 5) is 3.99. The van der Waals surface area contributed by atoms with E-state index in [-0.39, 0.29) is 18.5 Å². The van der Waals surface area contributed by atoms with Crippen molar-refractivity contribution >= 4 is 12.4 Å².